The van der Waals surface area contributed by atoms with E-state index >= 15 is 0 Å². The number of rotatable bonds is 2. The van der Waals surface area contributed by atoms with Crippen molar-refractivity contribution in [2.24, 2.45) is 5.92 Å². The van der Waals surface area contributed by atoms with Crippen LogP contribution in [-0.2, 0) is 14.3 Å². The number of aliphatic hydroxyl groups excluding tert-OH is 1. The van der Waals surface area contributed by atoms with Gasteiger partial charge in [-0.05, 0) is 58.3 Å². The van der Waals surface area contributed by atoms with Crippen molar-refractivity contribution in [3.05, 3.63) is 23.8 Å². The van der Waals surface area contributed by atoms with E-state index in [-0.39, 0.29) is 11.9 Å². The number of carbonyl (C=O) groups excluding carboxylic acids is 1. The van der Waals surface area contributed by atoms with E-state index in [4.69, 9.17) is 9.47 Å². The van der Waals surface area contributed by atoms with E-state index in [1.54, 1.807) is 6.92 Å². The first kappa shape index (κ1) is 21.1. The Labute approximate surface area is 157 Å². The van der Waals surface area contributed by atoms with Crippen LogP contribution in [-0.4, -0.2) is 46.2 Å². The molecule has 1 saturated heterocycles. The molecular formula is C21H34O5. The first-order chi connectivity index (χ1) is 12.0. The molecule has 2 N–H and O–H groups in total. The number of fused-ring (bicyclic) bond motifs is 2. The molecule has 2 heterocycles. The SMILES string of the molecule is COC(=O)/C1=C\CC[C@@](C)(O)/C=C/[C@@]2(C(C)C)CC[C@](C)(O2)[C@@H](O)CC1. The fourth-order valence-electron chi connectivity index (χ4n) is 3.89. The number of methoxy groups -OCH3 is 1. The van der Waals surface area contributed by atoms with Gasteiger partial charge in [0, 0.05) is 5.57 Å². The monoisotopic (exact) mass is 366 g/mol. The van der Waals surface area contributed by atoms with Crippen LogP contribution >= 0.6 is 0 Å². The summed E-state index contributed by atoms with van der Waals surface area (Å²) >= 11 is 0. The molecule has 5 heteroatoms. The molecule has 0 unspecified atom stereocenters. The summed E-state index contributed by atoms with van der Waals surface area (Å²) in [5, 5.41) is 21.5. The third-order valence-corrected chi connectivity index (χ3v) is 6.02. The van der Waals surface area contributed by atoms with Crippen molar-refractivity contribution in [3.63, 3.8) is 0 Å². The zero-order valence-corrected chi connectivity index (χ0v) is 16.7. The molecule has 0 aliphatic carbocycles. The molecule has 148 valence electrons. The van der Waals surface area contributed by atoms with E-state index in [2.05, 4.69) is 13.8 Å². The van der Waals surface area contributed by atoms with Gasteiger partial charge in [-0.15, -0.1) is 0 Å². The molecule has 0 saturated carbocycles. The van der Waals surface area contributed by atoms with E-state index < -0.39 is 22.9 Å². The average molecular weight is 366 g/mol. The second kappa shape index (κ2) is 7.83. The summed E-state index contributed by atoms with van der Waals surface area (Å²) in [5.74, 6) is -0.159. The molecule has 0 amide bonds. The fourth-order valence-corrected chi connectivity index (χ4v) is 3.89. The Hall–Kier alpha value is -1.17. The van der Waals surface area contributed by atoms with E-state index in [1.807, 2.05) is 25.2 Å². The summed E-state index contributed by atoms with van der Waals surface area (Å²) in [6.45, 7) is 7.92. The van der Waals surface area contributed by atoms with Crippen molar-refractivity contribution in [2.75, 3.05) is 7.11 Å². The number of allylic oxidation sites excluding steroid dienone is 1. The van der Waals surface area contributed by atoms with Gasteiger partial charge in [0.25, 0.3) is 0 Å². The van der Waals surface area contributed by atoms with Gasteiger partial charge in [0.1, 0.15) is 0 Å². The van der Waals surface area contributed by atoms with Crippen molar-refractivity contribution in [3.8, 4) is 0 Å². The second-order valence-corrected chi connectivity index (χ2v) is 8.53. The lowest BCUT2D eigenvalue weighted by molar-refractivity contribution is -0.146. The number of carbonyl (C=O) groups is 1. The quantitative estimate of drug-likeness (QED) is 0.579. The molecule has 5 nitrogen and oxygen atoms in total. The number of hydrogen-bond donors (Lipinski definition) is 2. The molecule has 1 fully saturated rings. The van der Waals surface area contributed by atoms with Crippen molar-refractivity contribution < 1.29 is 24.5 Å². The molecule has 2 rings (SSSR count). The van der Waals surface area contributed by atoms with Crippen molar-refractivity contribution in [2.45, 2.75) is 89.1 Å². The summed E-state index contributed by atoms with van der Waals surface area (Å²) in [4.78, 5) is 12.0. The Balaban J connectivity index is 2.36. The van der Waals surface area contributed by atoms with Crippen LogP contribution in [0.5, 0.6) is 0 Å². The average Bonchev–Trinajstić information content (AvgIpc) is 2.94. The maximum atomic E-state index is 12.0. The summed E-state index contributed by atoms with van der Waals surface area (Å²) in [6.07, 6.45) is 8.39. The standard InChI is InChI=1S/C21H34O5/c1-15(2)21-13-11-19(3,24)10-6-7-16(18(23)25-5)8-9-17(22)20(4,26-21)12-14-21/h7,11,13,15,17,22,24H,6,8-10,12,14H2,1-5H3/b13-11+,16-7-/t17-,19+,20-,21-/m0/s1. The number of esters is 1. The third kappa shape index (κ3) is 4.56. The van der Waals surface area contributed by atoms with Gasteiger partial charge >= 0.3 is 5.97 Å². The molecule has 2 aliphatic rings. The van der Waals surface area contributed by atoms with Crippen LogP contribution in [0.4, 0.5) is 0 Å². The minimum absolute atomic E-state index is 0.220. The van der Waals surface area contributed by atoms with Gasteiger partial charge in [0.05, 0.1) is 30.0 Å². The van der Waals surface area contributed by atoms with Crippen molar-refractivity contribution >= 4 is 5.97 Å². The molecule has 26 heavy (non-hydrogen) atoms. The van der Waals surface area contributed by atoms with Crippen LogP contribution in [0.1, 0.15) is 66.2 Å². The van der Waals surface area contributed by atoms with Gasteiger partial charge in [0.15, 0.2) is 0 Å². The summed E-state index contributed by atoms with van der Waals surface area (Å²) in [7, 11) is 1.36. The molecular weight excluding hydrogens is 332 g/mol. The van der Waals surface area contributed by atoms with Crippen LogP contribution in [0.15, 0.2) is 23.8 Å². The van der Waals surface area contributed by atoms with Gasteiger partial charge in [-0.25, -0.2) is 4.79 Å². The number of aliphatic hydroxyl groups is 2. The highest BCUT2D eigenvalue weighted by Gasteiger charge is 2.50. The first-order valence-corrected chi connectivity index (χ1v) is 9.62. The zero-order valence-electron chi connectivity index (χ0n) is 16.7. The summed E-state index contributed by atoms with van der Waals surface area (Å²) in [6, 6.07) is 0. The Morgan fingerprint density at radius 1 is 1.27 bits per heavy atom. The first-order valence-electron chi connectivity index (χ1n) is 9.62. The molecule has 0 aromatic carbocycles. The lowest BCUT2D eigenvalue weighted by Gasteiger charge is -2.37. The smallest absolute Gasteiger partial charge is 0.333 e. The van der Waals surface area contributed by atoms with Crippen LogP contribution in [0, 0.1) is 5.92 Å². The Kier molecular flexibility index (Phi) is 6.36. The predicted molar refractivity (Wildman–Crippen MR) is 101 cm³/mol. The topological polar surface area (TPSA) is 76.0 Å². The van der Waals surface area contributed by atoms with E-state index in [9.17, 15) is 15.0 Å². The minimum atomic E-state index is -0.991. The lowest BCUT2D eigenvalue weighted by atomic mass is 9.83. The van der Waals surface area contributed by atoms with Crippen LogP contribution in [0.3, 0.4) is 0 Å². The number of ether oxygens (including phenoxy) is 2. The van der Waals surface area contributed by atoms with E-state index in [1.165, 1.54) is 7.11 Å². The van der Waals surface area contributed by atoms with Crippen molar-refractivity contribution in [1.29, 1.82) is 0 Å². The second-order valence-electron chi connectivity index (χ2n) is 8.53. The fraction of sp³-hybridized carbons (Fsp3) is 0.762. The molecule has 2 bridgehead atoms. The predicted octanol–water partition coefficient (Wildman–Crippen LogP) is 3.29. The van der Waals surface area contributed by atoms with Crippen LogP contribution < -0.4 is 0 Å². The molecule has 0 spiro atoms. The summed E-state index contributed by atoms with van der Waals surface area (Å²) in [5.41, 5.74) is -1.61. The van der Waals surface area contributed by atoms with Gasteiger partial charge in [0.2, 0.25) is 0 Å². The normalized spacial score (nSPS) is 42.2. The molecule has 4 atom stereocenters. The number of hydrogen-bond acceptors (Lipinski definition) is 5. The zero-order chi connectivity index (χ0) is 19.6. The maximum Gasteiger partial charge on any atom is 0.333 e. The highest BCUT2D eigenvalue weighted by Crippen LogP contribution is 2.46. The van der Waals surface area contributed by atoms with E-state index in [0.29, 0.717) is 31.3 Å². The van der Waals surface area contributed by atoms with Gasteiger partial charge in [-0.2, -0.15) is 0 Å². The molecule has 0 radical (unpaired) electrons. The van der Waals surface area contributed by atoms with Crippen molar-refractivity contribution in [1.82, 2.24) is 0 Å². The van der Waals surface area contributed by atoms with Crippen LogP contribution in [0.2, 0.25) is 0 Å². The minimum Gasteiger partial charge on any atom is -0.466 e. The highest BCUT2D eigenvalue weighted by molar-refractivity contribution is 5.88. The van der Waals surface area contributed by atoms with Crippen LogP contribution in [0.25, 0.3) is 0 Å². The third-order valence-electron chi connectivity index (χ3n) is 6.02. The van der Waals surface area contributed by atoms with Gasteiger partial charge in [-0.1, -0.05) is 32.1 Å². The Morgan fingerprint density at radius 2 is 1.96 bits per heavy atom. The Morgan fingerprint density at radius 3 is 2.58 bits per heavy atom. The lowest BCUT2D eigenvalue weighted by Crippen LogP contribution is -2.44. The summed E-state index contributed by atoms with van der Waals surface area (Å²) < 4.78 is 11.3. The van der Waals surface area contributed by atoms with Gasteiger partial charge in [-0.3, -0.25) is 0 Å². The molecule has 0 aromatic heterocycles. The molecule has 2 aliphatic heterocycles. The Bertz CT molecular complexity index is 577. The molecule has 0 aromatic rings. The maximum absolute atomic E-state index is 12.0. The largest absolute Gasteiger partial charge is 0.466 e. The van der Waals surface area contributed by atoms with E-state index in [0.717, 1.165) is 12.8 Å². The van der Waals surface area contributed by atoms with Gasteiger partial charge < -0.3 is 19.7 Å². The highest BCUT2D eigenvalue weighted by atomic mass is 16.5.